The van der Waals surface area contributed by atoms with E-state index in [0.717, 1.165) is 50.6 Å². The second kappa shape index (κ2) is 11.6. The monoisotopic (exact) mass is 592 g/mol. The summed E-state index contributed by atoms with van der Waals surface area (Å²) in [5.74, 6) is 0. The van der Waals surface area contributed by atoms with Gasteiger partial charge in [0.2, 0.25) is 0 Å². The van der Waals surface area contributed by atoms with E-state index in [2.05, 4.69) is 128 Å². The Bertz CT molecular complexity index is 2280. The first-order chi connectivity index (χ1) is 22.6. The van der Waals surface area contributed by atoms with Crippen LogP contribution in [0.15, 0.2) is 151 Å². The van der Waals surface area contributed by atoms with Crippen molar-refractivity contribution >= 4 is 28.1 Å². The molecule has 1 aromatic heterocycles. The normalized spacial score (nSPS) is 14.0. The average Bonchev–Trinajstić information content (AvgIpc) is 3.11. The Hall–Kier alpha value is -5.87. The van der Waals surface area contributed by atoms with Crippen LogP contribution in [0.25, 0.3) is 55.7 Å². The van der Waals surface area contributed by atoms with Crippen LogP contribution in [0.1, 0.15) is 24.2 Å². The molecule has 220 valence electrons. The van der Waals surface area contributed by atoms with E-state index in [4.69, 9.17) is 15.0 Å². The number of aryl methyl sites for hydroxylation is 1. The van der Waals surface area contributed by atoms with Crippen LogP contribution in [-0.2, 0) is 0 Å². The smallest absolute Gasteiger partial charge is 0.0922 e. The maximum atomic E-state index is 5.00. The molecule has 1 aliphatic heterocycles. The van der Waals surface area contributed by atoms with Crippen molar-refractivity contribution in [2.75, 3.05) is 5.32 Å². The fourth-order valence-electron chi connectivity index (χ4n) is 6.55. The number of fused-ring (bicyclic) bond motifs is 2. The van der Waals surface area contributed by atoms with Crippen molar-refractivity contribution in [2.24, 2.45) is 4.99 Å². The molecule has 0 amide bonds. The second-order valence-electron chi connectivity index (χ2n) is 11.8. The maximum absolute atomic E-state index is 5.00. The summed E-state index contributed by atoms with van der Waals surface area (Å²) < 4.78 is 0. The first-order valence-corrected chi connectivity index (χ1v) is 15.7. The largest absolute Gasteiger partial charge is 0.371 e. The zero-order valence-electron chi connectivity index (χ0n) is 25.8. The predicted molar refractivity (Wildman–Crippen MR) is 192 cm³/mol. The predicted octanol–water partition coefficient (Wildman–Crippen LogP) is 10.9. The molecule has 0 spiro atoms. The van der Waals surface area contributed by atoms with E-state index in [1.807, 2.05) is 37.3 Å². The Morgan fingerprint density at radius 1 is 0.500 bits per heavy atom. The first-order valence-electron chi connectivity index (χ1n) is 15.7. The number of nitrogens with zero attached hydrogens (tertiary/aromatic N) is 3. The van der Waals surface area contributed by atoms with Gasteiger partial charge in [-0.1, -0.05) is 109 Å². The Kier molecular flexibility index (Phi) is 6.96. The Labute approximate surface area is 269 Å². The standard InChI is InChI=1S/C42H32N4/c1-27-41(45-39-23-9-7-21-37(39)43-27)31-15-11-13-29(25-31)33-17-3-5-19-35(33)36-20-6-4-18-34(36)30-14-12-16-32(26-30)42-28(2)44-38-22-8-10-24-40(38)46-42/h3-26,41,45H,1-2H3. The number of aliphatic imine (C=N–C) groups is 1. The quantitative estimate of drug-likeness (QED) is 0.216. The molecular formula is C42H32N4. The van der Waals surface area contributed by atoms with Gasteiger partial charge in [-0.15, -0.1) is 0 Å². The van der Waals surface area contributed by atoms with Gasteiger partial charge in [0, 0.05) is 11.3 Å². The van der Waals surface area contributed by atoms with E-state index in [1.54, 1.807) is 0 Å². The third-order valence-electron chi connectivity index (χ3n) is 8.79. The van der Waals surface area contributed by atoms with Crippen molar-refractivity contribution in [1.29, 1.82) is 0 Å². The lowest BCUT2D eigenvalue weighted by Gasteiger charge is -2.26. The molecule has 2 heterocycles. The molecule has 8 rings (SSSR count). The van der Waals surface area contributed by atoms with Gasteiger partial charge in [0.1, 0.15) is 0 Å². The highest BCUT2D eigenvalue weighted by Crippen LogP contribution is 2.41. The van der Waals surface area contributed by atoms with Crippen LogP contribution in [0, 0.1) is 6.92 Å². The number of hydrogen-bond donors (Lipinski definition) is 1. The average molecular weight is 593 g/mol. The highest BCUT2D eigenvalue weighted by Gasteiger charge is 2.22. The number of para-hydroxylation sites is 4. The molecule has 0 aliphatic carbocycles. The lowest BCUT2D eigenvalue weighted by molar-refractivity contribution is 1.01. The van der Waals surface area contributed by atoms with Crippen LogP contribution in [0.3, 0.4) is 0 Å². The summed E-state index contributed by atoms with van der Waals surface area (Å²) in [4.78, 5) is 14.8. The molecule has 1 unspecified atom stereocenters. The number of anilines is 1. The molecular weight excluding hydrogens is 560 g/mol. The fraction of sp³-hybridized carbons (Fsp3) is 0.0714. The Morgan fingerprint density at radius 2 is 1.07 bits per heavy atom. The minimum atomic E-state index is 0.0127. The summed E-state index contributed by atoms with van der Waals surface area (Å²) in [6, 6.07) is 51.2. The van der Waals surface area contributed by atoms with E-state index >= 15 is 0 Å². The zero-order valence-corrected chi connectivity index (χ0v) is 25.8. The topological polar surface area (TPSA) is 50.2 Å². The van der Waals surface area contributed by atoms with Gasteiger partial charge in [-0.05, 0) is 89.2 Å². The van der Waals surface area contributed by atoms with Gasteiger partial charge in [0.15, 0.2) is 0 Å². The van der Waals surface area contributed by atoms with Crippen molar-refractivity contribution in [3.63, 3.8) is 0 Å². The fourth-order valence-corrected chi connectivity index (χ4v) is 6.55. The van der Waals surface area contributed by atoms with Gasteiger partial charge in [-0.2, -0.15) is 0 Å². The Morgan fingerprint density at radius 3 is 1.80 bits per heavy atom. The number of benzene rings is 6. The summed E-state index contributed by atoms with van der Waals surface area (Å²) in [5.41, 5.74) is 16.1. The number of rotatable bonds is 5. The highest BCUT2D eigenvalue weighted by molar-refractivity contribution is 5.98. The Balaban J connectivity index is 1.19. The van der Waals surface area contributed by atoms with E-state index in [1.165, 1.54) is 33.4 Å². The molecule has 6 aromatic carbocycles. The van der Waals surface area contributed by atoms with Gasteiger partial charge in [-0.3, -0.25) is 4.99 Å². The third-order valence-corrected chi connectivity index (χ3v) is 8.79. The van der Waals surface area contributed by atoms with Crippen LogP contribution >= 0.6 is 0 Å². The van der Waals surface area contributed by atoms with E-state index < -0.39 is 0 Å². The van der Waals surface area contributed by atoms with Crippen LogP contribution in [0.5, 0.6) is 0 Å². The molecule has 1 N–H and O–H groups in total. The molecule has 1 atom stereocenters. The van der Waals surface area contributed by atoms with E-state index in [0.29, 0.717) is 0 Å². The minimum absolute atomic E-state index is 0.0127. The van der Waals surface area contributed by atoms with Crippen LogP contribution in [0.2, 0.25) is 0 Å². The van der Waals surface area contributed by atoms with Crippen LogP contribution in [-0.4, -0.2) is 15.7 Å². The number of aromatic nitrogens is 2. The van der Waals surface area contributed by atoms with Gasteiger partial charge >= 0.3 is 0 Å². The molecule has 0 radical (unpaired) electrons. The maximum Gasteiger partial charge on any atom is 0.0922 e. The molecule has 4 nitrogen and oxygen atoms in total. The molecule has 46 heavy (non-hydrogen) atoms. The van der Waals surface area contributed by atoms with Crippen LogP contribution < -0.4 is 5.32 Å². The summed E-state index contributed by atoms with van der Waals surface area (Å²) in [5, 5.41) is 3.71. The molecule has 0 saturated heterocycles. The number of nitrogens with one attached hydrogen (secondary N) is 1. The minimum Gasteiger partial charge on any atom is -0.371 e. The molecule has 4 heteroatoms. The van der Waals surface area contributed by atoms with Gasteiger partial charge < -0.3 is 5.32 Å². The lowest BCUT2D eigenvalue weighted by Crippen LogP contribution is -2.21. The van der Waals surface area contributed by atoms with Crippen LogP contribution in [0.4, 0.5) is 11.4 Å². The summed E-state index contributed by atoms with van der Waals surface area (Å²) in [6.45, 7) is 4.14. The van der Waals surface area contributed by atoms with E-state index in [9.17, 15) is 0 Å². The summed E-state index contributed by atoms with van der Waals surface area (Å²) in [6.07, 6.45) is 0. The van der Waals surface area contributed by atoms with Crippen molar-refractivity contribution in [3.8, 4) is 44.6 Å². The van der Waals surface area contributed by atoms with Crippen molar-refractivity contribution in [3.05, 3.63) is 157 Å². The van der Waals surface area contributed by atoms with Crippen molar-refractivity contribution in [1.82, 2.24) is 9.97 Å². The second-order valence-corrected chi connectivity index (χ2v) is 11.8. The lowest BCUT2D eigenvalue weighted by atomic mass is 9.88. The SMILES string of the molecule is CC1=Nc2ccccc2NC1c1cccc(-c2ccccc2-c2ccccc2-c2cccc(-c3nc4ccccc4nc3C)c2)c1. The van der Waals surface area contributed by atoms with Gasteiger partial charge in [-0.25, -0.2) is 9.97 Å². The molecule has 0 fully saturated rings. The summed E-state index contributed by atoms with van der Waals surface area (Å²) in [7, 11) is 0. The molecule has 0 saturated carbocycles. The molecule has 1 aliphatic rings. The summed E-state index contributed by atoms with van der Waals surface area (Å²) >= 11 is 0. The highest BCUT2D eigenvalue weighted by atomic mass is 15.0. The molecule has 0 bridgehead atoms. The number of hydrogen-bond acceptors (Lipinski definition) is 4. The van der Waals surface area contributed by atoms with Gasteiger partial charge in [0.25, 0.3) is 0 Å². The first kappa shape index (κ1) is 27.7. The van der Waals surface area contributed by atoms with Gasteiger partial charge in [0.05, 0.1) is 39.8 Å². The zero-order chi connectivity index (χ0) is 31.0. The third kappa shape index (κ3) is 5.04. The molecule has 7 aromatic rings. The van der Waals surface area contributed by atoms with E-state index in [-0.39, 0.29) is 6.04 Å². The van der Waals surface area contributed by atoms with Crippen molar-refractivity contribution < 1.29 is 0 Å². The van der Waals surface area contributed by atoms with Crippen molar-refractivity contribution in [2.45, 2.75) is 19.9 Å².